The molecule has 1 aliphatic carbocycles. The maximum absolute atomic E-state index is 13.5. The van der Waals surface area contributed by atoms with Gasteiger partial charge in [-0.2, -0.15) is 0 Å². The van der Waals surface area contributed by atoms with Gasteiger partial charge in [-0.15, -0.1) is 0 Å². The van der Waals surface area contributed by atoms with Crippen LogP contribution in [0.15, 0.2) is 64.8 Å². The average molecular weight is 492 g/mol. The van der Waals surface area contributed by atoms with Crippen LogP contribution in [0.2, 0.25) is 0 Å². The van der Waals surface area contributed by atoms with Crippen molar-refractivity contribution in [2.45, 2.75) is 39.5 Å². The number of carbonyl (C=O) groups is 2. The van der Waals surface area contributed by atoms with Gasteiger partial charge in [0.25, 0.3) is 0 Å². The van der Waals surface area contributed by atoms with Crippen molar-refractivity contribution in [3.8, 4) is 17.2 Å². The minimum atomic E-state index is -0.757. The van der Waals surface area contributed by atoms with Gasteiger partial charge >= 0.3 is 5.97 Å². The molecule has 1 heterocycles. The number of methoxy groups -OCH3 is 2. The summed E-state index contributed by atoms with van der Waals surface area (Å²) >= 11 is 0. The first kappa shape index (κ1) is 25.5. The maximum Gasteiger partial charge on any atom is 0.315 e. The summed E-state index contributed by atoms with van der Waals surface area (Å²) in [7, 11) is 3.15. The van der Waals surface area contributed by atoms with Crippen molar-refractivity contribution in [1.29, 1.82) is 0 Å². The van der Waals surface area contributed by atoms with Crippen LogP contribution in [0.1, 0.15) is 45.1 Å². The molecule has 4 rings (SSSR count). The predicted molar refractivity (Wildman–Crippen MR) is 137 cm³/mol. The Balaban J connectivity index is 1.66. The highest BCUT2D eigenvalue weighted by molar-refractivity contribution is 6.09. The first-order chi connectivity index (χ1) is 17.2. The van der Waals surface area contributed by atoms with Crippen molar-refractivity contribution in [1.82, 2.24) is 0 Å². The number of allylic oxidation sites excluding steroid dienone is 2. The fraction of sp³-hybridized carbons (Fsp3) is 0.414. The Bertz CT molecular complexity index is 1200. The van der Waals surface area contributed by atoms with Gasteiger partial charge in [-0.25, -0.2) is 0 Å². The standard InChI is InChI=1S/C29H33NO6/c1-18-25(28(32)36-14-13-35-19-9-7-6-8-10-19)26(21-12-11-20(33-4)15-24(21)34-5)27-22(30-18)16-29(2,3)17-23(27)31/h6-12,15,25-26H,13-14,16-17H2,1-5H3/t25?,26-/m0/s1. The number of ether oxygens (including phenoxy) is 4. The van der Waals surface area contributed by atoms with Crippen molar-refractivity contribution in [3.05, 3.63) is 65.4 Å². The van der Waals surface area contributed by atoms with Crippen molar-refractivity contribution in [2.24, 2.45) is 16.3 Å². The van der Waals surface area contributed by atoms with E-state index in [-0.39, 0.29) is 24.4 Å². The fourth-order valence-electron chi connectivity index (χ4n) is 5.07. The van der Waals surface area contributed by atoms with Gasteiger partial charge in [-0.3, -0.25) is 14.6 Å². The second-order valence-corrected chi connectivity index (χ2v) is 9.95. The number of carbonyl (C=O) groups excluding carboxylic acids is 2. The summed E-state index contributed by atoms with van der Waals surface area (Å²) in [6.45, 7) is 6.25. The molecule has 0 radical (unpaired) electrons. The van der Waals surface area contributed by atoms with Gasteiger partial charge in [-0.05, 0) is 37.0 Å². The molecule has 7 nitrogen and oxygen atoms in total. The lowest BCUT2D eigenvalue weighted by Crippen LogP contribution is -2.40. The molecule has 36 heavy (non-hydrogen) atoms. The normalized spacial score (nSPS) is 20.8. The van der Waals surface area contributed by atoms with E-state index in [0.717, 1.165) is 11.3 Å². The first-order valence-electron chi connectivity index (χ1n) is 12.1. The third kappa shape index (κ3) is 5.30. The molecule has 0 aromatic heterocycles. The van der Waals surface area contributed by atoms with Crippen LogP contribution >= 0.6 is 0 Å². The highest BCUT2D eigenvalue weighted by Crippen LogP contribution is 2.50. The number of para-hydroxylation sites is 1. The SMILES string of the molecule is COc1ccc([C@@H]2C3=C(CC(C)(C)CC3=O)N=C(C)C2C(=O)OCCOc2ccccc2)c(OC)c1. The van der Waals surface area contributed by atoms with Crippen molar-refractivity contribution in [3.63, 3.8) is 0 Å². The van der Waals surface area contributed by atoms with E-state index in [1.165, 1.54) is 0 Å². The Morgan fingerprint density at radius 1 is 1.00 bits per heavy atom. The summed E-state index contributed by atoms with van der Waals surface area (Å²) in [5.41, 5.74) is 2.47. The molecule has 2 atom stereocenters. The van der Waals surface area contributed by atoms with E-state index in [0.29, 0.717) is 41.4 Å². The third-order valence-corrected chi connectivity index (χ3v) is 6.67. The van der Waals surface area contributed by atoms with Crippen LogP contribution in [0.4, 0.5) is 0 Å². The van der Waals surface area contributed by atoms with Gasteiger partial charge in [-0.1, -0.05) is 38.1 Å². The minimum absolute atomic E-state index is 0.00517. The number of aliphatic imine (C=N–C) groups is 1. The van der Waals surface area contributed by atoms with Crippen LogP contribution in [0.25, 0.3) is 0 Å². The van der Waals surface area contributed by atoms with Crippen LogP contribution in [0, 0.1) is 11.3 Å². The molecule has 0 N–H and O–H groups in total. The molecule has 0 saturated heterocycles. The Morgan fingerprint density at radius 2 is 1.75 bits per heavy atom. The largest absolute Gasteiger partial charge is 0.497 e. The van der Waals surface area contributed by atoms with Crippen molar-refractivity contribution < 1.29 is 28.5 Å². The zero-order valence-corrected chi connectivity index (χ0v) is 21.5. The summed E-state index contributed by atoms with van der Waals surface area (Å²) in [6, 6.07) is 14.8. The van der Waals surface area contributed by atoms with Gasteiger partial charge in [0, 0.05) is 41.0 Å². The molecule has 190 valence electrons. The van der Waals surface area contributed by atoms with Crippen LogP contribution in [-0.4, -0.2) is 44.9 Å². The number of hydrogen-bond donors (Lipinski definition) is 0. The second-order valence-electron chi connectivity index (χ2n) is 9.95. The van der Waals surface area contributed by atoms with E-state index in [2.05, 4.69) is 13.8 Å². The van der Waals surface area contributed by atoms with Gasteiger partial charge in [0.15, 0.2) is 5.78 Å². The molecule has 0 amide bonds. The van der Waals surface area contributed by atoms with Crippen molar-refractivity contribution in [2.75, 3.05) is 27.4 Å². The molecule has 0 spiro atoms. The highest BCUT2D eigenvalue weighted by Gasteiger charge is 2.47. The minimum Gasteiger partial charge on any atom is -0.497 e. The Hall–Kier alpha value is -3.61. The molecule has 2 aromatic carbocycles. The monoisotopic (exact) mass is 491 g/mol. The molecular formula is C29H33NO6. The van der Waals surface area contributed by atoms with E-state index in [9.17, 15) is 9.59 Å². The summed E-state index contributed by atoms with van der Waals surface area (Å²) < 4.78 is 22.4. The van der Waals surface area contributed by atoms with Crippen LogP contribution in [0.5, 0.6) is 17.2 Å². The fourth-order valence-corrected chi connectivity index (χ4v) is 5.07. The van der Waals surface area contributed by atoms with E-state index < -0.39 is 17.8 Å². The molecule has 1 unspecified atom stereocenters. The number of ketones is 1. The number of benzene rings is 2. The molecule has 2 aromatic rings. The van der Waals surface area contributed by atoms with Gasteiger partial charge in [0.2, 0.25) is 0 Å². The molecule has 0 bridgehead atoms. The molecule has 7 heteroatoms. The number of esters is 1. The van der Waals surface area contributed by atoms with Crippen LogP contribution < -0.4 is 14.2 Å². The average Bonchev–Trinajstić information content (AvgIpc) is 2.85. The lowest BCUT2D eigenvalue weighted by Gasteiger charge is -2.39. The summed E-state index contributed by atoms with van der Waals surface area (Å²) in [5, 5.41) is 0. The van der Waals surface area contributed by atoms with E-state index in [1.807, 2.05) is 49.4 Å². The first-order valence-corrected chi connectivity index (χ1v) is 12.1. The Labute approximate surface area is 212 Å². The Kier molecular flexibility index (Phi) is 7.48. The molecule has 0 fully saturated rings. The third-order valence-electron chi connectivity index (χ3n) is 6.67. The quantitative estimate of drug-likeness (QED) is 0.375. The van der Waals surface area contributed by atoms with Crippen LogP contribution in [0.3, 0.4) is 0 Å². The Morgan fingerprint density at radius 3 is 2.44 bits per heavy atom. The smallest absolute Gasteiger partial charge is 0.315 e. The number of Topliss-reactive ketones (excluding diaryl/α,β-unsaturated/α-hetero) is 1. The van der Waals surface area contributed by atoms with Gasteiger partial charge < -0.3 is 18.9 Å². The van der Waals surface area contributed by atoms with Crippen molar-refractivity contribution >= 4 is 17.5 Å². The number of rotatable bonds is 8. The lowest BCUT2D eigenvalue weighted by atomic mass is 9.66. The number of hydrogen-bond acceptors (Lipinski definition) is 7. The van der Waals surface area contributed by atoms with E-state index in [1.54, 1.807) is 20.3 Å². The maximum atomic E-state index is 13.5. The molecular weight excluding hydrogens is 458 g/mol. The highest BCUT2D eigenvalue weighted by atomic mass is 16.6. The van der Waals surface area contributed by atoms with Gasteiger partial charge in [0.1, 0.15) is 36.4 Å². The predicted octanol–water partition coefficient (Wildman–Crippen LogP) is 5.14. The van der Waals surface area contributed by atoms with E-state index >= 15 is 0 Å². The summed E-state index contributed by atoms with van der Waals surface area (Å²) in [5.74, 6) is 0.112. The summed E-state index contributed by atoms with van der Waals surface area (Å²) in [4.78, 5) is 31.7. The van der Waals surface area contributed by atoms with E-state index in [4.69, 9.17) is 23.9 Å². The lowest BCUT2D eigenvalue weighted by molar-refractivity contribution is -0.147. The number of nitrogens with zero attached hydrogens (tertiary/aromatic N) is 1. The molecule has 1 aliphatic heterocycles. The molecule has 0 saturated carbocycles. The van der Waals surface area contributed by atoms with Gasteiger partial charge in [0.05, 0.1) is 14.2 Å². The zero-order chi connectivity index (χ0) is 25.9. The summed E-state index contributed by atoms with van der Waals surface area (Å²) in [6.07, 6.45) is 1.05. The zero-order valence-electron chi connectivity index (χ0n) is 21.5. The second kappa shape index (κ2) is 10.6. The topological polar surface area (TPSA) is 83.4 Å². The molecule has 2 aliphatic rings. The van der Waals surface area contributed by atoms with Crippen LogP contribution in [-0.2, 0) is 14.3 Å².